The van der Waals surface area contributed by atoms with Crippen LogP contribution in [0.2, 0.25) is 5.02 Å². The minimum atomic E-state index is -4.56. The Morgan fingerprint density at radius 1 is 1.28 bits per heavy atom. The molecule has 1 fully saturated rings. The maximum atomic E-state index is 14.7. The van der Waals surface area contributed by atoms with Crippen LogP contribution in [0, 0.1) is 11.6 Å². The zero-order valence-electron chi connectivity index (χ0n) is 16.2. The first-order valence-corrected chi connectivity index (χ1v) is 9.54. The molecule has 2 aromatic rings. The molecule has 0 radical (unpaired) electrons. The SMILES string of the molecule is O=C1CN(C(=O)N[C@@H](c2ccc(OCC(F)(F)F)nc2)c2ccc(F)c(Cl)c2F)CCN1. The van der Waals surface area contributed by atoms with E-state index < -0.39 is 41.5 Å². The number of nitrogens with zero attached hydrogens (tertiary/aromatic N) is 2. The van der Waals surface area contributed by atoms with Crippen molar-refractivity contribution in [3.8, 4) is 5.88 Å². The Bertz CT molecular complexity index is 1000. The quantitative estimate of drug-likeness (QED) is 0.511. The molecule has 7 nitrogen and oxygen atoms in total. The molecule has 1 atom stereocenters. The van der Waals surface area contributed by atoms with E-state index in [4.69, 9.17) is 11.6 Å². The largest absolute Gasteiger partial charge is 0.468 e. The third-order valence-corrected chi connectivity index (χ3v) is 4.79. The molecule has 1 aromatic carbocycles. The zero-order valence-corrected chi connectivity index (χ0v) is 16.9. The van der Waals surface area contributed by atoms with E-state index in [-0.39, 0.29) is 42.5 Å². The van der Waals surface area contributed by atoms with E-state index in [0.29, 0.717) is 0 Å². The maximum absolute atomic E-state index is 14.7. The second kappa shape index (κ2) is 9.55. The van der Waals surface area contributed by atoms with Gasteiger partial charge in [-0.25, -0.2) is 18.6 Å². The van der Waals surface area contributed by atoms with Crippen molar-refractivity contribution in [1.82, 2.24) is 20.5 Å². The van der Waals surface area contributed by atoms with Crippen LogP contribution < -0.4 is 15.4 Å². The Morgan fingerprint density at radius 2 is 2.03 bits per heavy atom. The molecule has 0 unspecified atom stereocenters. The first-order valence-electron chi connectivity index (χ1n) is 9.16. The number of pyridine rings is 1. The van der Waals surface area contributed by atoms with Gasteiger partial charge in [-0.15, -0.1) is 0 Å². The van der Waals surface area contributed by atoms with Crippen LogP contribution in [0.25, 0.3) is 0 Å². The lowest BCUT2D eigenvalue weighted by atomic mass is 9.99. The Labute approximate surface area is 183 Å². The summed E-state index contributed by atoms with van der Waals surface area (Å²) in [5, 5.41) is 4.29. The van der Waals surface area contributed by atoms with Gasteiger partial charge in [0.1, 0.15) is 23.2 Å². The first kappa shape index (κ1) is 23.5. The molecule has 2 heterocycles. The van der Waals surface area contributed by atoms with Gasteiger partial charge in [-0.3, -0.25) is 4.79 Å². The fourth-order valence-corrected chi connectivity index (χ4v) is 3.11. The van der Waals surface area contributed by atoms with Crippen molar-refractivity contribution in [2.24, 2.45) is 0 Å². The fraction of sp³-hybridized carbons (Fsp3) is 0.316. The number of hydrogen-bond acceptors (Lipinski definition) is 4. The Hall–Kier alpha value is -3.15. The van der Waals surface area contributed by atoms with E-state index in [0.717, 1.165) is 24.4 Å². The Kier molecular flexibility index (Phi) is 7.02. The Morgan fingerprint density at radius 3 is 2.66 bits per heavy atom. The molecular formula is C19H16ClF5N4O3. The summed E-state index contributed by atoms with van der Waals surface area (Å²) < 4.78 is 69.8. The molecule has 0 aliphatic carbocycles. The number of carbonyl (C=O) groups is 2. The number of halogens is 6. The highest BCUT2D eigenvalue weighted by molar-refractivity contribution is 6.31. The summed E-state index contributed by atoms with van der Waals surface area (Å²) in [7, 11) is 0. The topological polar surface area (TPSA) is 83.6 Å². The van der Waals surface area contributed by atoms with E-state index in [1.165, 1.54) is 11.0 Å². The van der Waals surface area contributed by atoms with Gasteiger partial charge in [-0.2, -0.15) is 13.2 Å². The first-order chi connectivity index (χ1) is 15.0. The summed E-state index contributed by atoms with van der Waals surface area (Å²) in [6.45, 7) is -1.37. The normalized spacial score (nSPS) is 15.2. The third kappa shape index (κ3) is 5.75. The number of hydrogen-bond donors (Lipinski definition) is 2. The lowest BCUT2D eigenvalue weighted by molar-refractivity contribution is -0.154. The number of alkyl halides is 3. The van der Waals surface area contributed by atoms with Crippen molar-refractivity contribution < 1.29 is 36.3 Å². The van der Waals surface area contributed by atoms with E-state index in [2.05, 4.69) is 20.4 Å². The molecule has 1 saturated heterocycles. The average Bonchev–Trinajstić information content (AvgIpc) is 2.75. The summed E-state index contributed by atoms with van der Waals surface area (Å²) in [5.41, 5.74) is -0.0577. The molecule has 0 spiro atoms. The highest BCUT2D eigenvalue weighted by Gasteiger charge is 2.30. The summed E-state index contributed by atoms with van der Waals surface area (Å²) in [4.78, 5) is 29.2. The molecule has 172 valence electrons. The van der Waals surface area contributed by atoms with Crippen molar-refractivity contribution >= 4 is 23.5 Å². The zero-order chi connectivity index (χ0) is 23.5. The van der Waals surface area contributed by atoms with Crippen LogP contribution in [0.5, 0.6) is 5.88 Å². The van der Waals surface area contributed by atoms with Crippen LogP contribution in [0.3, 0.4) is 0 Å². The molecule has 3 amide bonds. The average molecular weight is 479 g/mol. The monoisotopic (exact) mass is 478 g/mol. The van der Waals surface area contributed by atoms with Gasteiger partial charge in [0.15, 0.2) is 6.61 Å². The van der Waals surface area contributed by atoms with Crippen LogP contribution in [-0.2, 0) is 4.79 Å². The summed E-state index contributed by atoms with van der Waals surface area (Å²) in [5.74, 6) is -2.88. The number of rotatable bonds is 5. The second-order valence-corrected chi connectivity index (χ2v) is 7.13. The Balaban J connectivity index is 1.89. The molecule has 0 saturated carbocycles. The van der Waals surface area contributed by atoms with Gasteiger partial charge in [-0.1, -0.05) is 17.7 Å². The highest BCUT2D eigenvalue weighted by atomic mass is 35.5. The number of amides is 3. The number of benzene rings is 1. The predicted octanol–water partition coefficient (Wildman–Crippen LogP) is 3.19. The number of piperazine rings is 1. The molecule has 3 rings (SSSR count). The number of aromatic nitrogens is 1. The molecule has 13 heteroatoms. The minimum Gasteiger partial charge on any atom is -0.468 e. The molecule has 0 bridgehead atoms. The van der Waals surface area contributed by atoms with Gasteiger partial charge in [0.05, 0.1) is 6.04 Å². The van der Waals surface area contributed by atoms with Crippen LogP contribution in [0.4, 0.5) is 26.7 Å². The van der Waals surface area contributed by atoms with Gasteiger partial charge in [0.2, 0.25) is 11.8 Å². The van der Waals surface area contributed by atoms with Crippen LogP contribution >= 0.6 is 11.6 Å². The fourth-order valence-electron chi connectivity index (χ4n) is 2.93. The lowest BCUT2D eigenvalue weighted by Crippen LogP contribution is -2.53. The van der Waals surface area contributed by atoms with E-state index in [1.807, 2.05) is 0 Å². The van der Waals surface area contributed by atoms with Crippen LogP contribution in [-0.4, -0.2) is 54.2 Å². The smallest absolute Gasteiger partial charge is 0.422 e. The molecule has 32 heavy (non-hydrogen) atoms. The van der Waals surface area contributed by atoms with Gasteiger partial charge in [-0.05, 0) is 17.7 Å². The predicted molar refractivity (Wildman–Crippen MR) is 102 cm³/mol. The molecule has 1 aliphatic rings. The summed E-state index contributed by atoms with van der Waals surface area (Å²) in [6, 6.07) is 2.39. The number of carbonyl (C=O) groups excluding carboxylic acids is 2. The van der Waals surface area contributed by atoms with Gasteiger partial charge < -0.3 is 20.3 Å². The molecular weight excluding hydrogens is 463 g/mol. The van der Waals surface area contributed by atoms with Crippen molar-refractivity contribution in [2.75, 3.05) is 26.2 Å². The van der Waals surface area contributed by atoms with Gasteiger partial charge >= 0.3 is 12.2 Å². The summed E-state index contributed by atoms with van der Waals surface area (Å²) in [6.07, 6.45) is -3.48. The van der Waals surface area contributed by atoms with Crippen LogP contribution in [0.15, 0.2) is 30.5 Å². The number of ether oxygens (including phenoxy) is 1. The second-order valence-electron chi connectivity index (χ2n) is 6.75. The van der Waals surface area contributed by atoms with Gasteiger partial charge in [0.25, 0.3) is 0 Å². The van der Waals surface area contributed by atoms with Gasteiger partial charge in [0, 0.05) is 30.9 Å². The van der Waals surface area contributed by atoms with Crippen LogP contribution in [0.1, 0.15) is 17.2 Å². The summed E-state index contributed by atoms with van der Waals surface area (Å²) >= 11 is 5.66. The number of urea groups is 1. The molecule has 2 N–H and O–H groups in total. The lowest BCUT2D eigenvalue weighted by Gasteiger charge is -2.29. The van der Waals surface area contributed by atoms with E-state index in [1.54, 1.807) is 0 Å². The van der Waals surface area contributed by atoms with Crippen molar-refractivity contribution in [2.45, 2.75) is 12.2 Å². The minimum absolute atomic E-state index is 0.153. The van der Waals surface area contributed by atoms with Crippen molar-refractivity contribution in [1.29, 1.82) is 0 Å². The number of nitrogens with one attached hydrogen (secondary N) is 2. The standard InChI is InChI=1S/C19H16ClF5N4O3/c20-15-12(21)3-2-11(16(15)22)17(28-18(31)29-6-5-26-13(30)8-29)10-1-4-14(27-7-10)32-9-19(23,24)25/h1-4,7,17H,5-6,8-9H2,(H,26,30)(H,28,31)/t17-/m0/s1. The third-order valence-electron chi connectivity index (χ3n) is 4.45. The maximum Gasteiger partial charge on any atom is 0.422 e. The van der Waals surface area contributed by atoms with Crippen molar-refractivity contribution in [3.63, 3.8) is 0 Å². The highest BCUT2D eigenvalue weighted by Crippen LogP contribution is 2.30. The van der Waals surface area contributed by atoms with Crippen molar-refractivity contribution in [3.05, 3.63) is 58.2 Å². The van der Waals surface area contributed by atoms with E-state index in [9.17, 15) is 31.5 Å². The molecule has 1 aromatic heterocycles. The molecule has 1 aliphatic heterocycles. The van der Waals surface area contributed by atoms with E-state index >= 15 is 0 Å².